The van der Waals surface area contributed by atoms with E-state index in [1.54, 1.807) is 0 Å². The molecule has 0 saturated carbocycles. The number of likely N-dealkylation sites (tertiary alicyclic amines) is 1. The van der Waals surface area contributed by atoms with E-state index in [9.17, 15) is 4.79 Å². The van der Waals surface area contributed by atoms with E-state index in [4.69, 9.17) is 4.74 Å². The third-order valence-electron chi connectivity index (χ3n) is 4.03. The van der Waals surface area contributed by atoms with E-state index < -0.39 is 0 Å². The second-order valence-corrected chi connectivity index (χ2v) is 5.31. The number of allylic oxidation sites excluding steroid dienone is 1. The summed E-state index contributed by atoms with van der Waals surface area (Å²) in [4.78, 5) is 14.2. The summed E-state index contributed by atoms with van der Waals surface area (Å²) < 4.78 is 5.81. The van der Waals surface area contributed by atoms with Gasteiger partial charge < -0.3 is 9.64 Å². The number of carbonyl (C=O) groups is 1. The van der Waals surface area contributed by atoms with E-state index in [2.05, 4.69) is 13.0 Å². The highest BCUT2D eigenvalue weighted by atomic mass is 16.5. The molecular weight excluding hydrogens is 202 g/mol. The van der Waals surface area contributed by atoms with Crippen LogP contribution < -0.4 is 0 Å². The zero-order chi connectivity index (χ0) is 11.1. The summed E-state index contributed by atoms with van der Waals surface area (Å²) in [6, 6.07) is 0. The lowest BCUT2D eigenvalue weighted by Crippen LogP contribution is -2.31. The summed E-state index contributed by atoms with van der Waals surface area (Å²) in [5.74, 6) is 0.851. The van der Waals surface area contributed by atoms with E-state index >= 15 is 0 Å². The lowest BCUT2D eigenvalue weighted by atomic mass is 10.0. The molecule has 2 fully saturated rings. The molecule has 0 unspecified atom stereocenters. The number of amides is 1. The molecular formula is C13H19NO2. The van der Waals surface area contributed by atoms with Crippen molar-refractivity contribution >= 4 is 5.91 Å². The van der Waals surface area contributed by atoms with E-state index in [1.165, 1.54) is 0 Å². The van der Waals surface area contributed by atoms with Gasteiger partial charge >= 0.3 is 0 Å². The molecule has 0 aromatic carbocycles. The highest BCUT2D eigenvalue weighted by Crippen LogP contribution is 2.34. The Balaban J connectivity index is 1.64. The summed E-state index contributed by atoms with van der Waals surface area (Å²) in [5.41, 5.74) is 1.04. The fourth-order valence-electron chi connectivity index (χ4n) is 3.24. The minimum Gasteiger partial charge on any atom is -0.373 e. The molecule has 0 spiro atoms. The highest BCUT2D eigenvalue weighted by molar-refractivity contribution is 5.94. The van der Waals surface area contributed by atoms with Gasteiger partial charge in [0.25, 0.3) is 0 Å². The third kappa shape index (κ3) is 1.67. The SMILES string of the molecule is C[C@@H]1C[C@H]2CN(C(=O)C3=CCCC3)C[C@H]2O1. The molecule has 0 aromatic rings. The Morgan fingerprint density at radius 1 is 1.50 bits per heavy atom. The van der Waals surface area contributed by atoms with Crippen molar-refractivity contribution in [3.05, 3.63) is 11.6 Å². The first-order valence-electron chi connectivity index (χ1n) is 6.38. The summed E-state index contributed by atoms with van der Waals surface area (Å²) in [7, 11) is 0. The van der Waals surface area contributed by atoms with Crippen LogP contribution in [0.5, 0.6) is 0 Å². The van der Waals surface area contributed by atoms with Gasteiger partial charge in [-0.25, -0.2) is 0 Å². The molecule has 3 atom stereocenters. The van der Waals surface area contributed by atoms with Crippen LogP contribution in [0, 0.1) is 5.92 Å². The predicted octanol–water partition coefficient (Wildman–Crippen LogP) is 1.73. The molecule has 0 radical (unpaired) electrons. The monoisotopic (exact) mass is 221 g/mol. The van der Waals surface area contributed by atoms with Gasteiger partial charge in [-0.1, -0.05) is 6.08 Å². The standard InChI is InChI=1S/C13H19NO2/c1-9-6-11-7-14(8-12(11)16-9)13(15)10-4-2-3-5-10/h4,9,11-12H,2-3,5-8H2,1H3/t9-,11+,12-/m1/s1. The van der Waals surface area contributed by atoms with Crippen molar-refractivity contribution in [2.75, 3.05) is 13.1 Å². The summed E-state index contributed by atoms with van der Waals surface area (Å²) in [6.07, 6.45) is 7.12. The van der Waals surface area contributed by atoms with Crippen molar-refractivity contribution in [3.8, 4) is 0 Å². The van der Waals surface area contributed by atoms with Crippen molar-refractivity contribution in [2.45, 2.75) is 44.8 Å². The maximum absolute atomic E-state index is 12.2. The fourth-order valence-corrected chi connectivity index (χ4v) is 3.24. The van der Waals surface area contributed by atoms with Crippen LogP contribution in [0.4, 0.5) is 0 Å². The van der Waals surface area contributed by atoms with Crippen LogP contribution in [0.15, 0.2) is 11.6 Å². The van der Waals surface area contributed by atoms with Crippen LogP contribution >= 0.6 is 0 Å². The minimum atomic E-state index is 0.267. The van der Waals surface area contributed by atoms with Crippen LogP contribution in [0.25, 0.3) is 0 Å². The van der Waals surface area contributed by atoms with Crippen LogP contribution in [-0.4, -0.2) is 36.1 Å². The molecule has 0 aromatic heterocycles. The van der Waals surface area contributed by atoms with Gasteiger partial charge in [-0.2, -0.15) is 0 Å². The topological polar surface area (TPSA) is 29.5 Å². The molecule has 2 heterocycles. The molecule has 2 saturated heterocycles. The smallest absolute Gasteiger partial charge is 0.249 e. The number of fused-ring (bicyclic) bond motifs is 1. The first-order chi connectivity index (χ1) is 7.74. The van der Waals surface area contributed by atoms with Crippen LogP contribution in [-0.2, 0) is 9.53 Å². The van der Waals surface area contributed by atoms with Gasteiger partial charge in [0, 0.05) is 24.6 Å². The van der Waals surface area contributed by atoms with E-state index in [0.29, 0.717) is 18.1 Å². The molecule has 3 rings (SSSR count). The van der Waals surface area contributed by atoms with Crippen molar-refractivity contribution in [1.29, 1.82) is 0 Å². The Hall–Kier alpha value is -0.830. The van der Waals surface area contributed by atoms with Crippen LogP contribution in [0.3, 0.4) is 0 Å². The first-order valence-corrected chi connectivity index (χ1v) is 6.38. The summed E-state index contributed by atoms with van der Waals surface area (Å²) >= 11 is 0. The number of ether oxygens (including phenoxy) is 1. The Bertz CT molecular complexity index is 323. The molecule has 3 heteroatoms. The highest BCUT2D eigenvalue weighted by Gasteiger charge is 2.42. The molecule has 88 valence electrons. The van der Waals surface area contributed by atoms with Crippen molar-refractivity contribution in [1.82, 2.24) is 4.90 Å². The van der Waals surface area contributed by atoms with E-state index in [0.717, 1.165) is 44.3 Å². The Labute approximate surface area is 96.4 Å². The summed E-state index contributed by atoms with van der Waals surface area (Å²) in [6.45, 7) is 3.85. The number of hydrogen-bond donors (Lipinski definition) is 0. The zero-order valence-corrected chi connectivity index (χ0v) is 9.82. The number of carbonyl (C=O) groups excluding carboxylic acids is 1. The van der Waals surface area contributed by atoms with Gasteiger partial charge in [0.05, 0.1) is 12.2 Å². The van der Waals surface area contributed by atoms with Gasteiger partial charge in [0.15, 0.2) is 0 Å². The number of hydrogen-bond acceptors (Lipinski definition) is 2. The molecule has 0 bridgehead atoms. The first kappa shape index (κ1) is 10.3. The lowest BCUT2D eigenvalue weighted by molar-refractivity contribution is -0.127. The molecule has 1 aliphatic carbocycles. The number of nitrogens with zero attached hydrogens (tertiary/aromatic N) is 1. The zero-order valence-electron chi connectivity index (χ0n) is 9.82. The van der Waals surface area contributed by atoms with Gasteiger partial charge in [0.2, 0.25) is 5.91 Å². The normalized spacial score (nSPS) is 37.7. The second kappa shape index (κ2) is 3.88. The van der Waals surface area contributed by atoms with E-state index in [1.807, 2.05) is 4.90 Å². The van der Waals surface area contributed by atoms with Gasteiger partial charge in [0.1, 0.15) is 0 Å². The van der Waals surface area contributed by atoms with E-state index in [-0.39, 0.29) is 5.91 Å². The molecule has 3 nitrogen and oxygen atoms in total. The lowest BCUT2D eigenvalue weighted by Gasteiger charge is -2.18. The third-order valence-corrected chi connectivity index (χ3v) is 4.03. The van der Waals surface area contributed by atoms with Crippen LogP contribution in [0.1, 0.15) is 32.6 Å². The quantitative estimate of drug-likeness (QED) is 0.675. The van der Waals surface area contributed by atoms with Crippen molar-refractivity contribution in [3.63, 3.8) is 0 Å². The number of rotatable bonds is 1. The average molecular weight is 221 g/mol. The predicted molar refractivity (Wildman–Crippen MR) is 61.0 cm³/mol. The summed E-state index contributed by atoms with van der Waals surface area (Å²) in [5, 5.41) is 0. The van der Waals surface area contributed by atoms with Gasteiger partial charge in [-0.3, -0.25) is 4.79 Å². The largest absolute Gasteiger partial charge is 0.373 e. The van der Waals surface area contributed by atoms with Crippen molar-refractivity contribution in [2.24, 2.45) is 5.92 Å². The average Bonchev–Trinajstić information content (AvgIpc) is 2.89. The minimum absolute atomic E-state index is 0.267. The Kier molecular flexibility index (Phi) is 2.51. The fraction of sp³-hybridized carbons (Fsp3) is 0.769. The molecule has 1 amide bonds. The maximum atomic E-state index is 12.2. The maximum Gasteiger partial charge on any atom is 0.249 e. The van der Waals surface area contributed by atoms with Gasteiger partial charge in [-0.15, -0.1) is 0 Å². The van der Waals surface area contributed by atoms with Crippen molar-refractivity contribution < 1.29 is 9.53 Å². The Morgan fingerprint density at radius 2 is 2.38 bits per heavy atom. The second-order valence-electron chi connectivity index (χ2n) is 5.31. The molecule has 16 heavy (non-hydrogen) atoms. The molecule has 3 aliphatic rings. The molecule has 2 aliphatic heterocycles. The Morgan fingerprint density at radius 3 is 3.06 bits per heavy atom. The van der Waals surface area contributed by atoms with Crippen LogP contribution in [0.2, 0.25) is 0 Å². The molecule has 0 N–H and O–H groups in total. The van der Waals surface area contributed by atoms with Gasteiger partial charge in [-0.05, 0) is 32.6 Å².